The number of para-hydroxylation sites is 1. The van der Waals surface area contributed by atoms with Crippen LogP contribution >= 0.6 is 23.1 Å². The summed E-state index contributed by atoms with van der Waals surface area (Å²) < 4.78 is 6.92. The van der Waals surface area contributed by atoms with Crippen LogP contribution < -0.4 is 10.9 Å². The third kappa shape index (κ3) is 4.25. The lowest BCUT2D eigenvalue weighted by Gasteiger charge is -2.12. The fraction of sp³-hybridized carbons (Fsp3) is 0.292. The molecule has 0 atom stereocenters. The molecular weight excluding hydrogens is 442 g/mol. The van der Waals surface area contributed by atoms with Crippen molar-refractivity contribution in [2.45, 2.75) is 43.8 Å². The second-order valence-electron chi connectivity index (χ2n) is 7.76. The Bertz CT molecular complexity index is 1290. The maximum atomic E-state index is 13.7. The van der Waals surface area contributed by atoms with Gasteiger partial charge in [-0.3, -0.25) is 14.2 Å². The lowest BCUT2D eigenvalue weighted by Crippen LogP contribution is -2.26. The number of amides is 1. The van der Waals surface area contributed by atoms with Crippen LogP contribution in [-0.4, -0.2) is 21.2 Å². The maximum absolute atomic E-state index is 13.7. The smallest absolute Gasteiger partial charge is 0.267 e. The fourth-order valence-corrected chi connectivity index (χ4v) is 6.19. The standard InChI is InChI=1S/C24H23N3O3S2/c28-20(25-14-17-10-7-13-30-17)15-31-24-26-22-21(18-11-5-2-6-12-19(18)32-22)23(29)27(24)16-8-3-1-4-9-16/h1,3-4,7-10,13H,2,5-6,11-12,14-15H2,(H,25,28). The van der Waals surface area contributed by atoms with Crippen LogP contribution in [0.5, 0.6) is 0 Å². The summed E-state index contributed by atoms with van der Waals surface area (Å²) in [5, 5.41) is 4.14. The first-order valence-electron chi connectivity index (χ1n) is 10.8. The molecular formula is C24H23N3O3S2. The molecule has 3 aromatic heterocycles. The van der Waals surface area contributed by atoms with Gasteiger partial charge in [-0.1, -0.05) is 36.4 Å². The van der Waals surface area contributed by atoms with E-state index in [-0.39, 0.29) is 17.2 Å². The number of hydrogen-bond donors (Lipinski definition) is 1. The number of benzene rings is 1. The van der Waals surface area contributed by atoms with Gasteiger partial charge in [0.1, 0.15) is 10.6 Å². The fourth-order valence-electron chi connectivity index (χ4n) is 4.04. The number of carbonyl (C=O) groups is 1. The van der Waals surface area contributed by atoms with Gasteiger partial charge in [0.15, 0.2) is 5.16 Å². The van der Waals surface area contributed by atoms with E-state index in [1.54, 1.807) is 28.2 Å². The highest BCUT2D eigenvalue weighted by Gasteiger charge is 2.22. The van der Waals surface area contributed by atoms with Crippen LogP contribution in [-0.2, 0) is 24.2 Å². The average Bonchev–Trinajstić information content (AvgIpc) is 3.39. The van der Waals surface area contributed by atoms with Gasteiger partial charge in [0.25, 0.3) is 5.56 Å². The predicted molar refractivity (Wildman–Crippen MR) is 128 cm³/mol. The van der Waals surface area contributed by atoms with E-state index in [1.807, 2.05) is 36.4 Å². The molecule has 0 saturated carbocycles. The lowest BCUT2D eigenvalue weighted by molar-refractivity contribution is -0.118. The van der Waals surface area contributed by atoms with E-state index in [2.05, 4.69) is 5.32 Å². The SMILES string of the molecule is O=C(CSc1nc2sc3c(c2c(=O)n1-c1ccccc1)CCCCC3)NCc1ccco1. The van der Waals surface area contributed by atoms with Crippen molar-refractivity contribution in [1.29, 1.82) is 0 Å². The number of aryl methyl sites for hydroxylation is 2. The van der Waals surface area contributed by atoms with Gasteiger partial charge in [-0.25, -0.2) is 4.98 Å². The first kappa shape index (κ1) is 21.0. The van der Waals surface area contributed by atoms with Gasteiger partial charge in [-0.05, 0) is 55.5 Å². The molecule has 0 unspecified atom stereocenters. The monoisotopic (exact) mass is 465 g/mol. The van der Waals surface area contributed by atoms with Crippen LogP contribution in [0.1, 0.15) is 35.5 Å². The zero-order chi connectivity index (χ0) is 21.9. The average molecular weight is 466 g/mol. The Kier molecular flexibility index (Phi) is 6.14. The van der Waals surface area contributed by atoms with Crippen molar-refractivity contribution < 1.29 is 9.21 Å². The molecule has 1 amide bonds. The number of nitrogens with zero attached hydrogens (tertiary/aromatic N) is 2. The number of rotatable bonds is 6. The third-order valence-electron chi connectivity index (χ3n) is 5.59. The van der Waals surface area contributed by atoms with Crippen molar-refractivity contribution in [2.24, 2.45) is 0 Å². The quantitative estimate of drug-likeness (QED) is 0.253. The molecule has 5 rings (SSSR count). The Morgan fingerprint density at radius 2 is 1.97 bits per heavy atom. The summed E-state index contributed by atoms with van der Waals surface area (Å²) in [4.78, 5) is 33.1. The molecule has 0 aliphatic heterocycles. The minimum absolute atomic E-state index is 0.0425. The first-order chi connectivity index (χ1) is 15.7. The van der Waals surface area contributed by atoms with E-state index < -0.39 is 0 Å². The van der Waals surface area contributed by atoms with Gasteiger partial charge in [-0.15, -0.1) is 11.3 Å². The molecule has 0 saturated heterocycles. The van der Waals surface area contributed by atoms with Crippen molar-refractivity contribution in [3.8, 4) is 5.69 Å². The number of furan rings is 1. The normalized spacial score (nSPS) is 13.6. The van der Waals surface area contributed by atoms with Crippen molar-refractivity contribution in [3.05, 3.63) is 75.3 Å². The first-order valence-corrected chi connectivity index (χ1v) is 12.6. The minimum atomic E-state index is -0.137. The van der Waals surface area contributed by atoms with Gasteiger partial charge in [0.05, 0.1) is 29.6 Å². The summed E-state index contributed by atoms with van der Waals surface area (Å²) in [6, 6.07) is 13.1. The van der Waals surface area contributed by atoms with Crippen molar-refractivity contribution >= 4 is 39.2 Å². The lowest BCUT2D eigenvalue weighted by atomic mass is 10.1. The van der Waals surface area contributed by atoms with E-state index in [0.29, 0.717) is 17.5 Å². The van der Waals surface area contributed by atoms with Crippen LogP contribution in [0, 0.1) is 0 Å². The van der Waals surface area contributed by atoms with E-state index in [1.165, 1.54) is 28.6 Å². The predicted octanol–water partition coefficient (Wildman–Crippen LogP) is 4.72. The zero-order valence-corrected chi connectivity index (χ0v) is 19.1. The Morgan fingerprint density at radius 3 is 2.78 bits per heavy atom. The third-order valence-corrected chi connectivity index (χ3v) is 7.72. The molecule has 0 bridgehead atoms. The van der Waals surface area contributed by atoms with Crippen LogP contribution in [0.25, 0.3) is 15.9 Å². The molecule has 0 fully saturated rings. The Morgan fingerprint density at radius 1 is 1.12 bits per heavy atom. The molecule has 1 N–H and O–H groups in total. The number of fused-ring (bicyclic) bond motifs is 3. The summed E-state index contributed by atoms with van der Waals surface area (Å²) in [6.45, 7) is 0.335. The highest BCUT2D eigenvalue weighted by atomic mass is 32.2. The summed E-state index contributed by atoms with van der Waals surface area (Å²) in [6.07, 6.45) is 6.99. The number of nitrogens with one attached hydrogen (secondary N) is 1. The van der Waals surface area contributed by atoms with Crippen LogP contribution in [0.4, 0.5) is 0 Å². The van der Waals surface area contributed by atoms with Crippen molar-refractivity contribution in [2.75, 3.05) is 5.75 Å². The highest BCUT2D eigenvalue weighted by Crippen LogP contribution is 2.34. The summed E-state index contributed by atoms with van der Waals surface area (Å²) >= 11 is 2.92. The van der Waals surface area contributed by atoms with Crippen molar-refractivity contribution in [1.82, 2.24) is 14.9 Å². The Hall–Kier alpha value is -2.84. The van der Waals surface area contributed by atoms with Gasteiger partial charge >= 0.3 is 0 Å². The minimum Gasteiger partial charge on any atom is -0.467 e. The van der Waals surface area contributed by atoms with E-state index in [9.17, 15) is 9.59 Å². The summed E-state index contributed by atoms with van der Waals surface area (Å²) in [7, 11) is 0. The molecule has 4 aromatic rings. The van der Waals surface area contributed by atoms with Crippen LogP contribution in [0.3, 0.4) is 0 Å². The number of carbonyl (C=O) groups excluding carboxylic acids is 1. The molecule has 3 heterocycles. The molecule has 1 aliphatic rings. The number of hydrogen-bond acceptors (Lipinski definition) is 6. The molecule has 8 heteroatoms. The molecule has 1 aliphatic carbocycles. The summed E-state index contributed by atoms with van der Waals surface area (Å²) in [5.41, 5.74) is 1.90. The van der Waals surface area contributed by atoms with Gasteiger partial charge < -0.3 is 9.73 Å². The Balaban J connectivity index is 1.49. The second kappa shape index (κ2) is 9.34. The van der Waals surface area contributed by atoms with Crippen molar-refractivity contribution in [3.63, 3.8) is 0 Å². The zero-order valence-electron chi connectivity index (χ0n) is 17.5. The highest BCUT2D eigenvalue weighted by molar-refractivity contribution is 7.99. The molecule has 164 valence electrons. The second-order valence-corrected chi connectivity index (χ2v) is 9.79. The molecule has 6 nitrogen and oxygen atoms in total. The van der Waals surface area contributed by atoms with Crippen LogP contribution in [0.15, 0.2) is 63.1 Å². The maximum Gasteiger partial charge on any atom is 0.267 e. The molecule has 0 radical (unpaired) electrons. The molecule has 32 heavy (non-hydrogen) atoms. The van der Waals surface area contributed by atoms with Crippen LogP contribution in [0.2, 0.25) is 0 Å². The number of thioether (sulfide) groups is 1. The van der Waals surface area contributed by atoms with Gasteiger partial charge in [0, 0.05) is 4.88 Å². The summed E-state index contributed by atoms with van der Waals surface area (Å²) in [5.74, 6) is 0.725. The number of thiophene rings is 1. The van der Waals surface area contributed by atoms with Gasteiger partial charge in [-0.2, -0.15) is 0 Å². The van der Waals surface area contributed by atoms with E-state index in [4.69, 9.17) is 9.40 Å². The van der Waals surface area contributed by atoms with E-state index in [0.717, 1.165) is 41.6 Å². The molecule has 0 spiro atoms. The Labute approximate surface area is 193 Å². The largest absolute Gasteiger partial charge is 0.467 e. The molecule has 1 aromatic carbocycles. The number of aromatic nitrogens is 2. The topological polar surface area (TPSA) is 77.1 Å². The van der Waals surface area contributed by atoms with Gasteiger partial charge in [0.2, 0.25) is 5.91 Å². The van der Waals surface area contributed by atoms with E-state index >= 15 is 0 Å².